The molecule has 28 heavy (non-hydrogen) atoms. The van der Waals surface area contributed by atoms with E-state index in [1.807, 2.05) is 0 Å². The lowest BCUT2D eigenvalue weighted by Crippen LogP contribution is -2.51. The molecule has 164 valence electrons. The van der Waals surface area contributed by atoms with Crippen LogP contribution in [0.2, 0.25) is 0 Å². The number of carbonyl (C=O) groups is 2. The zero-order chi connectivity index (χ0) is 21.1. The Morgan fingerprint density at radius 1 is 0.786 bits per heavy atom. The van der Waals surface area contributed by atoms with E-state index in [4.69, 9.17) is 0 Å². The van der Waals surface area contributed by atoms with Crippen LogP contribution < -0.4 is 5.32 Å². The number of hydrogen-bond donors (Lipinski definition) is 2. The third-order valence-electron chi connectivity index (χ3n) is 5.59. The molecule has 0 bridgehead atoms. The smallest absolute Gasteiger partial charge is 0.329 e. The number of carboxylic acid groups (broad SMARTS) is 1. The van der Waals surface area contributed by atoms with E-state index < -0.39 is 17.4 Å². The van der Waals surface area contributed by atoms with E-state index in [0.717, 1.165) is 25.3 Å². The van der Waals surface area contributed by atoms with Crippen LogP contribution in [0.1, 0.15) is 123 Å². The number of rotatable bonds is 20. The van der Waals surface area contributed by atoms with Gasteiger partial charge in [-0.15, -0.1) is 0 Å². The normalized spacial score (nSPS) is 13.1. The molecule has 0 aromatic rings. The molecule has 0 saturated heterocycles. The van der Waals surface area contributed by atoms with Crippen LogP contribution in [0.4, 0.5) is 0 Å². The van der Waals surface area contributed by atoms with Crippen molar-refractivity contribution >= 4 is 11.9 Å². The lowest BCUT2D eigenvalue weighted by atomic mass is 9.93. The van der Waals surface area contributed by atoms with Crippen LogP contribution in [-0.2, 0) is 9.59 Å². The second-order valence-corrected chi connectivity index (χ2v) is 8.38. The van der Waals surface area contributed by atoms with Crippen molar-refractivity contribution in [2.24, 2.45) is 0 Å². The summed E-state index contributed by atoms with van der Waals surface area (Å²) in [5.41, 5.74) is -1.19. The highest BCUT2D eigenvalue weighted by molar-refractivity contribution is 5.92. The van der Waals surface area contributed by atoms with E-state index in [1.165, 1.54) is 83.5 Å². The molecule has 1 atom stereocenters. The molecule has 0 aromatic carbocycles. The Hall–Kier alpha value is -1.32. The van der Waals surface area contributed by atoms with E-state index in [1.54, 1.807) is 6.92 Å². The minimum atomic E-state index is -1.19. The summed E-state index contributed by atoms with van der Waals surface area (Å²) in [5.74, 6) is -1.41. The second-order valence-electron chi connectivity index (χ2n) is 8.38. The molecule has 0 aromatic heterocycles. The SMILES string of the molecule is C=CC(=O)NC(C)(CCCCCCCCCCCCCCCCCC)C(=O)O. The molecule has 0 rings (SSSR count). The summed E-state index contributed by atoms with van der Waals surface area (Å²) in [5, 5.41) is 11.9. The summed E-state index contributed by atoms with van der Waals surface area (Å²) in [7, 11) is 0. The third-order valence-corrected chi connectivity index (χ3v) is 5.59. The van der Waals surface area contributed by atoms with Gasteiger partial charge in [0.15, 0.2) is 0 Å². The highest BCUT2D eigenvalue weighted by Gasteiger charge is 2.33. The Morgan fingerprint density at radius 2 is 1.14 bits per heavy atom. The first-order valence-corrected chi connectivity index (χ1v) is 11.6. The Morgan fingerprint density at radius 3 is 1.46 bits per heavy atom. The highest BCUT2D eigenvalue weighted by Crippen LogP contribution is 2.18. The molecule has 0 aliphatic heterocycles. The Kier molecular flexibility index (Phi) is 16.9. The van der Waals surface area contributed by atoms with Gasteiger partial charge in [-0.25, -0.2) is 4.79 Å². The molecule has 0 aliphatic rings. The van der Waals surface area contributed by atoms with Crippen molar-refractivity contribution in [1.29, 1.82) is 0 Å². The quantitative estimate of drug-likeness (QED) is 0.176. The van der Waals surface area contributed by atoms with Crippen LogP contribution in [0.25, 0.3) is 0 Å². The average Bonchev–Trinajstić information content (AvgIpc) is 2.67. The van der Waals surface area contributed by atoms with E-state index in [-0.39, 0.29) is 0 Å². The fourth-order valence-corrected chi connectivity index (χ4v) is 3.57. The van der Waals surface area contributed by atoms with Crippen LogP contribution in [0.5, 0.6) is 0 Å². The molecule has 4 nitrogen and oxygen atoms in total. The Labute approximate surface area is 173 Å². The monoisotopic (exact) mass is 395 g/mol. The van der Waals surface area contributed by atoms with Gasteiger partial charge in [-0.05, 0) is 19.4 Å². The highest BCUT2D eigenvalue weighted by atomic mass is 16.4. The summed E-state index contributed by atoms with van der Waals surface area (Å²) in [6, 6.07) is 0. The van der Waals surface area contributed by atoms with Gasteiger partial charge in [0, 0.05) is 0 Å². The molecule has 0 saturated carbocycles. The van der Waals surface area contributed by atoms with E-state index in [0.29, 0.717) is 6.42 Å². The zero-order valence-corrected chi connectivity index (χ0v) is 18.6. The molecule has 0 spiro atoms. The number of unbranched alkanes of at least 4 members (excludes halogenated alkanes) is 15. The first-order valence-electron chi connectivity index (χ1n) is 11.6. The van der Waals surface area contributed by atoms with E-state index in [2.05, 4.69) is 18.8 Å². The van der Waals surface area contributed by atoms with Crippen molar-refractivity contribution in [2.45, 2.75) is 129 Å². The van der Waals surface area contributed by atoms with Gasteiger partial charge >= 0.3 is 5.97 Å². The van der Waals surface area contributed by atoms with Crippen molar-refractivity contribution in [3.8, 4) is 0 Å². The van der Waals surface area contributed by atoms with Gasteiger partial charge in [0.05, 0.1) is 0 Å². The molecule has 0 radical (unpaired) electrons. The van der Waals surface area contributed by atoms with Crippen molar-refractivity contribution in [1.82, 2.24) is 5.32 Å². The average molecular weight is 396 g/mol. The zero-order valence-electron chi connectivity index (χ0n) is 18.6. The summed E-state index contributed by atoms with van der Waals surface area (Å²) in [6.45, 7) is 7.22. The molecule has 1 amide bonds. The van der Waals surface area contributed by atoms with Crippen molar-refractivity contribution in [3.05, 3.63) is 12.7 Å². The number of carboxylic acids is 1. The molecule has 0 aliphatic carbocycles. The maximum absolute atomic E-state index is 11.4. The van der Waals surface area contributed by atoms with Crippen molar-refractivity contribution in [2.75, 3.05) is 0 Å². The fourth-order valence-electron chi connectivity index (χ4n) is 3.57. The van der Waals surface area contributed by atoms with Crippen LogP contribution in [0, 0.1) is 0 Å². The number of hydrogen-bond acceptors (Lipinski definition) is 2. The largest absolute Gasteiger partial charge is 0.480 e. The minimum Gasteiger partial charge on any atom is -0.480 e. The summed E-state index contributed by atoms with van der Waals surface area (Å²) in [4.78, 5) is 22.8. The predicted octanol–water partition coefficient (Wildman–Crippen LogP) is 6.78. The molecule has 0 heterocycles. The first-order chi connectivity index (χ1) is 13.5. The number of nitrogens with one attached hydrogen (secondary N) is 1. The standard InChI is InChI=1S/C24H45NO3/c1-4-6-7-8-9-10-11-12-13-14-15-16-17-18-19-20-21-24(3,23(27)28)25-22(26)5-2/h5H,2,4,6-21H2,1,3H3,(H,25,26)(H,27,28). The number of aliphatic carboxylic acids is 1. The Bertz CT molecular complexity index is 422. The fraction of sp³-hybridized carbons (Fsp3) is 0.833. The molecule has 4 heteroatoms. The van der Waals surface area contributed by atoms with Crippen molar-refractivity contribution < 1.29 is 14.7 Å². The van der Waals surface area contributed by atoms with Gasteiger partial charge in [0.2, 0.25) is 5.91 Å². The maximum atomic E-state index is 11.4. The van der Waals surface area contributed by atoms with Crippen LogP contribution >= 0.6 is 0 Å². The van der Waals surface area contributed by atoms with Gasteiger partial charge in [-0.3, -0.25) is 4.79 Å². The van der Waals surface area contributed by atoms with Gasteiger partial charge in [0.1, 0.15) is 5.54 Å². The van der Waals surface area contributed by atoms with Gasteiger partial charge in [-0.2, -0.15) is 0 Å². The van der Waals surface area contributed by atoms with Crippen LogP contribution in [0.15, 0.2) is 12.7 Å². The van der Waals surface area contributed by atoms with Gasteiger partial charge in [-0.1, -0.05) is 116 Å². The maximum Gasteiger partial charge on any atom is 0.329 e. The lowest BCUT2D eigenvalue weighted by molar-refractivity contribution is -0.146. The molecule has 0 fully saturated rings. The van der Waals surface area contributed by atoms with E-state index >= 15 is 0 Å². The lowest BCUT2D eigenvalue weighted by Gasteiger charge is -2.25. The second kappa shape index (κ2) is 17.8. The van der Waals surface area contributed by atoms with Crippen LogP contribution in [0.3, 0.4) is 0 Å². The number of amides is 1. The molecular weight excluding hydrogens is 350 g/mol. The van der Waals surface area contributed by atoms with Crippen LogP contribution in [-0.4, -0.2) is 22.5 Å². The molecular formula is C24H45NO3. The predicted molar refractivity (Wildman–Crippen MR) is 119 cm³/mol. The summed E-state index contributed by atoms with van der Waals surface area (Å²) < 4.78 is 0. The summed E-state index contributed by atoms with van der Waals surface area (Å²) >= 11 is 0. The van der Waals surface area contributed by atoms with Crippen molar-refractivity contribution in [3.63, 3.8) is 0 Å². The summed E-state index contributed by atoms with van der Waals surface area (Å²) in [6.07, 6.45) is 22.3. The topological polar surface area (TPSA) is 66.4 Å². The van der Waals surface area contributed by atoms with E-state index in [9.17, 15) is 14.7 Å². The Balaban J connectivity index is 3.48. The molecule has 2 N–H and O–H groups in total. The van der Waals surface area contributed by atoms with Gasteiger partial charge < -0.3 is 10.4 Å². The third kappa shape index (κ3) is 14.7. The number of carbonyl (C=O) groups excluding carboxylic acids is 1. The minimum absolute atomic E-state index is 0.429. The van der Waals surface area contributed by atoms with Gasteiger partial charge in [0.25, 0.3) is 0 Å². The first kappa shape index (κ1) is 26.7. The molecule has 1 unspecified atom stereocenters.